The van der Waals surface area contributed by atoms with Crippen LogP contribution in [0.2, 0.25) is 0 Å². The van der Waals surface area contributed by atoms with Crippen molar-refractivity contribution in [3.8, 4) is 5.75 Å². The van der Waals surface area contributed by atoms with Gasteiger partial charge in [0.25, 0.3) is 0 Å². The van der Waals surface area contributed by atoms with E-state index in [4.69, 9.17) is 10.2 Å². The zero-order valence-electron chi connectivity index (χ0n) is 14.1. The van der Waals surface area contributed by atoms with E-state index in [9.17, 15) is 24.6 Å². The van der Waals surface area contributed by atoms with Crippen LogP contribution < -0.4 is 0 Å². The molecule has 1 aromatic carbocycles. The zero-order chi connectivity index (χ0) is 20.1. The Morgan fingerprint density at radius 3 is 2.15 bits per heavy atom. The molecule has 0 spiro atoms. The average molecular weight is 373 g/mol. The number of aromatic carboxylic acids is 2. The molecule has 0 radical (unpaired) electrons. The molecule has 1 heterocycles. The van der Waals surface area contributed by atoms with Crippen LogP contribution in [0.25, 0.3) is 0 Å². The van der Waals surface area contributed by atoms with E-state index in [1.165, 1.54) is 31.2 Å². The third-order valence-electron chi connectivity index (χ3n) is 3.60. The van der Waals surface area contributed by atoms with Crippen molar-refractivity contribution in [2.75, 3.05) is 0 Å². The molecular formula is C17H15N3O7. The summed E-state index contributed by atoms with van der Waals surface area (Å²) in [4.78, 5) is 37.2. The Morgan fingerprint density at radius 1 is 1.00 bits per heavy atom. The van der Waals surface area contributed by atoms with Gasteiger partial charge in [-0.3, -0.25) is 4.79 Å². The number of pyridine rings is 1. The van der Waals surface area contributed by atoms with E-state index >= 15 is 0 Å². The van der Waals surface area contributed by atoms with Gasteiger partial charge < -0.3 is 20.4 Å². The van der Waals surface area contributed by atoms with Gasteiger partial charge in [-0.25, -0.2) is 14.6 Å². The first-order valence-electron chi connectivity index (χ1n) is 7.63. The lowest BCUT2D eigenvalue weighted by Gasteiger charge is -2.11. The van der Waals surface area contributed by atoms with Crippen LogP contribution in [0.15, 0.2) is 34.5 Å². The molecule has 0 fully saturated rings. The Balaban J connectivity index is 2.48. The Morgan fingerprint density at radius 2 is 1.63 bits per heavy atom. The van der Waals surface area contributed by atoms with Crippen molar-refractivity contribution in [3.63, 3.8) is 0 Å². The lowest BCUT2D eigenvalue weighted by Crippen LogP contribution is -2.08. The number of aromatic hydroxyl groups is 1. The summed E-state index contributed by atoms with van der Waals surface area (Å²) in [5.74, 6) is -4.39. The van der Waals surface area contributed by atoms with Crippen molar-refractivity contribution < 1.29 is 34.8 Å². The minimum absolute atomic E-state index is 0.00153. The lowest BCUT2D eigenvalue weighted by molar-refractivity contribution is -0.136. The van der Waals surface area contributed by atoms with Crippen LogP contribution in [-0.4, -0.2) is 43.3 Å². The van der Waals surface area contributed by atoms with Crippen molar-refractivity contribution >= 4 is 29.4 Å². The van der Waals surface area contributed by atoms with Crippen molar-refractivity contribution in [3.05, 3.63) is 46.6 Å². The Hall–Kier alpha value is -3.82. The van der Waals surface area contributed by atoms with Gasteiger partial charge >= 0.3 is 17.9 Å². The summed E-state index contributed by atoms with van der Waals surface area (Å²) in [5, 5.41) is 44.8. The first-order chi connectivity index (χ1) is 12.7. The molecule has 27 heavy (non-hydrogen) atoms. The highest BCUT2D eigenvalue weighted by molar-refractivity contribution is 5.94. The number of nitrogens with zero attached hydrogens (tertiary/aromatic N) is 3. The maximum Gasteiger partial charge on any atom is 0.339 e. The molecule has 0 bridgehead atoms. The smallest absolute Gasteiger partial charge is 0.339 e. The molecule has 0 saturated heterocycles. The number of hydrogen-bond acceptors (Lipinski definition) is 7. The molecule has 0 atom stereocenters. The van der Waals surface area contributed by atoms with Crippen LogP contribution in [0.3, 0.4) is 0 Å². The van der Waals surface area contributed by atoms with E-state index < -0.39 is 29.2 Å². The number of carboxylic acids is 3. The molecule has 2 rings (SSSR count). The predicted octanol–water partition coefficient (Wildman–Crippen LogP) is 2.92. The Kier molecular flexibility index (Phi) is 5.81. The number of hydrogen-bond donors (Lipinski definition) is 4. The average Bonchev–Trinajstić information content (AvgIpc) is 2.60. The van der Waals surface area contributed by atoms with Gasteiger partial charge in [0, 0.05) is 12.0 Å². The number of benzene rings is 1. The van der Waals surface area contributed by atoms with Gasteiger partial charge in [-0.15, -0.1) is 10.2 Å². The van der Waals surface area contributed by atoms with Crippen molar-refractivity contribution in [1.82, 2.24) is 4.98 Å². The molecule has 0 aliphatic carbocycles. The second-order valence-electron chi connectivity index (χ2n) is 5.47. The van der Waals surface area contributed by atoms with Crippen LogP contribution >= 0.6 is 0 Å². The predicted molar refractivity (Wildman–Crippen MR) is 91.1 cm³/mol. The fourth-order valence-electron chi connectivity index (χ4n) is 2.27. The largest absolute Gasteiger partial charge is 0.505 e. The highest BCUT2D eigenvalue weighted by atomic mass is 16.4. The van der Waals surface area contributed by atoms with Crippen molar-refractivity contribution in [2.45, 2.75) is 19.8 Å². The van der Waals surface area contributed by atoms with Gasteiger partial charge in [0.2, 0.25) is 0 Å². The van der Waals surface area contributed by atoms with Gasteiger partial charge in [-0.2, -0.15) is 0 Å². The summed E-state index contributed by atoms with van der Waals surface area (Å²) in [5.41, 5.74) is -0.184. The summed E-state index contributed by atoms with van der Waals surface area (Å²) < 4.78 is 0. The van der Waals surface area contributed by atoms with E-state index in [1.54, 1.807) is 0 Å². The van der Waals surface area contributed by atoms with Crippen molar-refractivity contribution in [2.24, 2.45) is 10.2 Å². The standard InChI is InChI=1S/C17H15N3O7/c1-8-14(23)13(17(26)27)11(6-7-12(21)22)15(18-8)20-19-10-4-2-9(3-5-10)16(24)25/h2-5,23H,6-7H2,1H3,(H,21,22)(H,24,25)(H,26,27). The van der Waals surface area contributed by atoms with Crippen LogP contribution in [0.5, 0.6) is 5.75 Å². The molecule has 0 saturated carbocycles. The van der Waals surface area contributed by atoms with Crippen LogP contribution in [0.4, 0.5) is 11.5 Å². The number of aliphatic carboxylic acids is 1. The summed E-state index contributed by atoms with van der Waals surface area (Å²) in [6.45, 7) is 1.38. The fourth-order valence-corrected chi connectivity index (χ4v) is 2.27. The van der Waals surface area contributed by atoms with Gasteiger partial charge in [0.15, 0.2) is 11.6 Å². The summed E-state index contributed by atoms with van der Waals surface area (Å²) in [7, 11) is 0. The number of azo groups is 1. The number of carbonyl (C=O) groups is 3. The van der Waals surface area contributed by atoms with Crippen LogP contribution in [0, 0.1) is 6.92 Å². The molecular weight excluding hydrogens is 358 g/mol. The summed E-state index contributed by atoms with van der Waals surface area (Å²) in [6, 6.07) is 5.44. The quantitative estimate of drug-likeness (QED) is 0.537. The Bertz CT molecular complexity index is 937. The minimum Gasteiger partial charge on any atom is -0.505 e. The molecule has 0 aliphatic heterocycles. The van der Waals surface area contributed by atoms with Gasteiger partial charge in [0.1, 0.15) is 5.56 Å². The van der Waals surface area contributed by atoms with E-state index in [0.29, 0.717) is 0 Å². The maximum absolute atomic E-state index is 11.5. The van der Waals surface area contributed by atoms with Crippen LogP contribution in [0.1, 0.15) is 38.4 Å². The third-order valence-corrected chi connectivity index (χ3v) is 3.60. The topological polar surface area (TPSA) is 170 Å². The normalized spacial score (nSPS) is 10.9. The fraction of sp³-hybridized carbons (Fsp3) is 0.176. The molecule has 0 aliphatic rings. The first-order valence-corrected chi connectivity index (χ1v) is 7.63. The number of aryl methyl sites for hydroxylation is 1. The van der Waals surface area contributed by atoms with Crippen molar-refractivity contribution in [1.29, 1.82) is 0 Å². The number of aromatic nitrogens is 1. The highest BCUT2D eigenvalue weighted by Gasteiger charge is 2.23. The summed E-state index contributed by atoms with van der Waals surface area (Å²) in [6.07, 6.45) is -0.607. The van der Waals surface area contributed by atoms with Gasteiger partial charge in [0.05, 0.1) is 16.9 Å². The molecule has 10 nitrogen and oxygen atoms in total. The molecule has 0 amide bonds. The molecule has 2 aromatic rings. The second kappa shape index (κ2) is 8.04. The van der Waals surface area contributed by atoms with E-state index in [1.807, 2.05) is 0 Å². The SMILES string of the molecule is Cc1nc(N=Nc2ccc(C(=O)O)cc2)c(CCC(=O)O)c(C(=O)O)c1O. The highest BCUT2D eigenvalue weighted by Crippen LogP contribution is 2.32. The third kappa shape index (κ3) is 4.63. The molecule has 140 valence electrons. The molecule has 0 unspecified atom stereocenters. The first kappa shape index (κ1) is 19.5. The molecule has 1 aromatic heterocycles. The lowest BCUT2D eigenvalue weighted by atomic mass is 10.0. The minimum atomic E-state index is -1.44. The molecule has 4 N–H and O–H groups in total. The zero-order valence-corrected chi connectivity index (χ0v) is 14.1. The molecule has 10 heteroatoms. The van der Waals surface area contributed by atoms with Gasteiger partial charge in [-0.1, -0.05) is 0 Å². The second-order valence-corrected chi connectivity index (χ2v) is 5.47. The number of carboxylic acid groups (broad SMARTS) is 3. The number of rotatable bonds is 7. The van der Waals surface area contributed by atoms with E-state index in [0.717, 1.165) is 0 Å². The monoisotopic (exact) mass is 373 g/mol. The van der Waals surface area contributed by atoms with Crippen LogP contribution in [-0.2, 0) is 11.2 Å². The van der Waals surface area contributed by atoms with E-state index in [-0.39, 0.29) is 41.2 Å². The summed E-state index contributed by atoms with van der Waals surface area (Å²) >= 11 is 0. The maximum atomic E-state index is 11.5. The van der Waals surface area contributed by atoms with E-state index in [2.05, 4.69) is 15.2 Å². The Labute approximate surface area is 152 Å². The van der Waals surface area contributed by atoms with Gasteiger partial charge in [-0.05, 0) is 37.6 Å².